The van der Waals surface area contributed by atoms with Gasteiger partial charge in [0.1, 0.15) is 29.0 Å². The molecule has 1 saturated heterocycles. The van der Waals surface area contributed by atoms with Crippen LogP contribution in [0.15, 0.2) is 47.5 Å². The molecule has 3 aromatic heterocycles. The van der Waals surface area contributed by atoms with Crippen molar-refractivity contribution in [2.75, 3.05) is 30.9 Å². The van der Waals surface area contributed by atoms with Gasteiger partial charge in [-0.15, -0.1) is 0 Å². The van der Waals surface area contributed by atoms with Gasteiger partial charge < -0.3 is 14.2 Å². The number of ether oxygens (including phenoxy) is 1. The van der Waals surface area contributed by atoms with Crippen LogP contribution in [-0.4, -0.2) is 61.6 Å². The SMILES string of the molecule is C[C@@H]1COCCN1c1cc(-c2ccc([S+](C)[O-])cc2)c2c(n1)c(-c1cc[nH]n1)nn2C. The maximum absolute atomic E-state index is 11.8. The van der Waals surface area contributed by atoms with Crippen LogP contribution in [0, 0.1) is 0 Å². The predicted molar refractivity (Wildman–Crippen MR) is 121 cm³/mol. The highest BCUT2D eigenvalue weighted by Gasteiger charge is 2.25. The Hall–Kier alpha value is -2.88. The van der Waals surface area contributed by atoms with Gasteiger partial charge in [-0.2, -0.15) is 10.2 Å². The minimum absolute atomic E-state index is 0.224. The Bertz CT molecular complexity index is 1200. The van der Waals surface area contributed by atoms with E-state index >= 15 is 0 Å². The summed E-state index contributed by atoms with van der Waals surface area (Å²) in [5.41, 5.74) is 5.31. The molecular formula is C22H24N6O2S. The lowest BCUT2D eigenvalue weighted by molar-refractivity contribution is 0.0986. The molecule has 0 spiro atoms. The second-order valence-corrected chi connectivity index (χ2v) is 9.13. The van der Waals surface area contributed by atoms with Gasteiger partial charge >= 0.3 is 0 Å². The number of hydrogen-bond acceptors (Lipinski definition) is 6. The Morgan fingerprint density at radius 1 is 1.23 bits per heavy atom. The van der Waals surface area contributed by atoms with Crippen LogP contribution in [-0.2, 0) is 23.0 Å². The lowest BCUT2D eigenvalue weighted by Crippen LogP contribution is -2.44. The van der Waals surface area contributed by atoms with Gasteiger partial charge in [-0.1, -0.05) is 0 Å². The van der Waals surface area contributed by atoms with Gasteiger partial charge in [0.05, 0.1) is 24.8 Å². The van der Waals surface area contributed by atoms with Crippen molar-refractivity contribution < 1.29 is 9.29 Å². The number of nitrogens with one attached hydrogen (secondary N) is 1. The zero-order valence-electron chi connectivity index (χ0n) is 17.7. The van der Waals surface area contributed by atoms with Crippen molar-refractivity contribution in [3.05, 3.63) is 42.6 Å². The molecule has 160 valence electrons. The van der Waals surface area contributed by atoms with Crippen LogP contribution in [0.4, 0.5) is 5.82 Å². The van der Waals surface area contributed by atoms with E-state index in [1.54, 1.807) is 12.5 Å². The van der Waals surface area contributed by atoms with Crippen LogP contribution in [0.2, 0.25) is 0 Å². The number of nitrogens with zero attached hydrogens (tertiary/aromatic N) is 5. The van der Waals surface area contributed by atoms with Crippen LogP contribution < -0.4 is 4.90 Å². The standard InChI is InChI=1S/C22H24N6O2S/c1-14-13-30-11-10-28(14)19-12-17(15-4-6-16(7-5-15)31(3)29)22-21(24-19)20(26-27(22)2)18-8-9-23-25-18/h4-9,12,14H,10-11,13H2,1-3H3,(H,23,25)/t14-,31?/m1/s1. The maximum Gasteiger partial charge on any atom is 0.152 e. The summed E-state index contributed by atoms with van der Waals surface area (Å²) in [5, 5.41) is 11.9. The Balaban J connectivity index is 1.74. The number of aromatic amines is 1. The van der Waals surface area contributed by atoms with Crippen molar-refractivity contribution in [1.82, 2.24) is 25.0 Å². The van der Waals surface area contributed by atoms with E-state index in [0.717, 1.165) is 50.8 Å². The first-order valence-electron chi connectivity index (χ1n) is 10.2. The van der Waals surface area contributed by atoms with Crippen molar-refractivity contribution in [2.24, 2.45) is 7.05 Å². The molecule has 9 heteroatoms. The van der Waals surface area contributed by atoms with Gasteiger partial charge in [-0.3, -0.25) is 9.78 Å². The minimum Gasteiger partial charge on any atom is -0.612 e. The smallest absolute Gasteiger partial charge is 0.152 e. The van der Waals surface area contributed by atoms with Crippen LogP contribution >= 0.6 is 0 Å². The molecule has 0 radical (unpaired) electrons. The molecule has 1 aromatic carbocycles. The monoisotopic (exact) mass is 436 g/mol. The molecule has 8 nitrogen and oxygen atoms in total. The number of H-pyrrole nitrogens is 1. The van der Waals surface area contributed by atoms with Gasteiger partial charge in [0.25, 0.3) is 0 Å². The lowest BCUT2D eigenvalue weighted by atomic mass is 10.0. The summed E-state index contributed by atoms with van der Waals surface area (Å²) in [6.45, 7) is 4.28. The van der Waals surface area contributed by atoms with E-state index in [1.165, 1.54) is 0 Å². The zero-order valence-corrected chi connectivity index (χ0v) is 18.5. The van der Waals surface area contributed by atoms with Crippen LogP contribution in [0.3, 0.4) is 0 Å². The Morgan fingerprint density at radius 3 is 2.71 bits per heavy atom. The molecule has 0 amide bonds. The highest BCUT2D eigenvalue weighted by atomic mass is 32.2. The quantitative estimate of drug-likeness (QED) is 0.494. The molecule has 5 rings (SSSR count). The second-order valence-electron chi connectivity index (χ2n) is 7.75. The molecule has 0 bridgehead atoms. The zero-order chi connectivity index (χ0) is 21.5. The number of pyridine rings is 1. The van der Waals surface area contributed by atoms with Crippen molar-refractivity contribution in [3.8, 4) is 22.5 Å². The first kappa shape index (κ1) is 20.0. The van der Waals surface area contributed by atoms with Gasteiger partial charge in [-0.25, -0.2) is 4.98 Å². The molecule has 0 saturated carbocycles. The van der Waals surface area contributed by atoms with Crippen molar-refractivity contribution in [1.29, 1.82) is 0 Å². The van der Waals surface area contributed by atoms with E-state index in [-0.39, 0.29) is 6.04 Å². The molecule has 4 heterocycles. The molecule has 4 aromatic rings. The van der Waals surface area contributed by atoms with E-state index in [0.29, 0.717) is 13.2 Å². The molecule has 1 unspecified atom stereocenters. The van der Waals surface area contributed by atoms with Gasteiger partial charge in [0.2, 0.25) is 0 Å². The number of fused-ring (bicyclic) bond motifs is 1. The van der Waals surface area contributed by atoms with Crippen LogP contribution in [0.25, 0.3) is 33.5 Å². The van der Waals surface area contributed by atoms with E-state index in [1.807, 2.05) is 42.1 Å². The first-order chi connectivity index (χ1) is 15.0. The molecule has 31 heavy (non-hydrogen) atoms. The number of hydrogen-bond donors (Lipinski definition) is 1. The molecule has 1 aliphatic rings. The Labute approximate surface area is 183 Å². The highest BCUT2D eigenvalue weighted by molar-refractivity contribution is 7.90. The highest BCUT2D eigenvalue weighted by Crippen LogP contribution is 2.36. The first-order valence-corrected chi connectivity index (χ1v) is 11.7. The third kappa shape index (κ3) is 3.58. The number of aromatic nitrogens is 5. The molecule has 2 atom stereocenters. The Morgan fingerprint density at radius 2 is 2.03 bits per heavy atom. The number of anilines is 1. The van der Waals surface area contributed by atoms with Crippen LogP contribution in [0.1, 0.15) is 6.92 Å². The van der Waals surface area contributed by atoms with Crippen molar-refractivity contribution in [3.63, 3.8) is 0 Å². The summed E-state index contributed by atoms with van der Waals surface area (Å²) in [6.07, 6.45) is 3.48. The fourth-order valence-corrected chi connectivity index (χ4v) is 4.61. The second kappa shape index (κ2) is 7.99. The van der Waals surface area contributed by atoms with Crippen LogP contribution in [0.5, 0.6) is 0 Å². The maximum atomic E-state index is 11.8. The van der Waals surface area contributed by atoms with E-state index in [4.69, 9.17) is 14.8 Å². The summed E-state index contributed by atoms with van der Waals surface area (Å²) in [4.78, 5) is 8.13. The lowest BCUT2D eigenvalue weighted by Gasteiger charge is -2.34. The molecular weight excluding hydrogens is 412 g/mol. The summed E-state index contributed by atoms with van der Waals surface area (Å²) < 4.78 is 19.3. The summed E-state index contributed by atoms with van der Waals surface area (Å²) in [7, 11) is 1.93. The molecule has 1 N–H and O–H groups in total. The largest absolute Gasteiger partial charge is 0.612 e. The molecule has 0 aliphatic carbocycles. The molecule has 1 aliphatic heterocycles. The van der Waals surface area contributed by atoms with Gasteiger partial charge in [0.15, 0.2) is 4.90 Å². The number of aryl methyl sites for hydroxylation is 1. The fraction of sp³-hybridized carbons (Fsp3) is 0.318. The number of benzene rings is 1. The Kier molecular flexibility index (Phi) is 5.17. The average molecular weight is 437 g/mol. The summed E-state index contributed by atoms with van der Waals surface area (Å²) >= 11 is -1.02. The van der Waals surface area contributed by atoms with Crippen molar-refractivity contribution >= 4 is 28.0 Å². The number of rotatable bonds is 4. The minimum atomic E-state index is -1.02. The third-order valence-electron chi connectivity index (χ3n) is 5.68. The number of morpholine rings is 1. The topological polar surface area (TPSA) is 94.9 Å². The fourth-order valence-electron chi connectivity index (χ4n) is 4.09. The third-order valence-corrected chi connectivity index (χ3v) is 6.62. The van der Waals surface area contributed by atoms with Gasteiger partial charge in [0, 0.05) is 25.4 Å². The predicted octanol–water partition coefficient (Wildman–Crippen LogP) is 2.99. The van der Waals surface area contributed by atoms with E-state index in [9.17, 15) is 4.55 Å². The summed E-state index contributed by atoms with van der Waals surface area (Å²) in [6, 6.07) is 12.1. The average Bonchev–Trinajstić information content (AvgIpc) is 3.42. The summed E-state index contributed by atoms with van der Waals surface area (Å²) in [5.74, 6) is 0.895. The van der Waals surface area contributed by atoms with E-state index in [2.05, 4.69) is 28.1 Å². The van der Waals surface area contributed by atoms with Crippen molar-refractivity contribution in [2.45, 2.75) is 17.9 Å². The van der Waals surface area contributed by atoms with E-state index < -0.39 is 11.2 Å². The van der Waals surface area contributed by atoms with Gasteiger partial charge in [-0.05, 0) is 60.1 Å². The normalized spacial score (nSPS) is 17.9. The molecule has 1 fully saturated rings.